The van der Waals surface area contributed by atoms with Gasteiger partial charge in [0.05, 0.1) is 12.0 Å². The van der Waals surface area contributed by atoms with E-state index >= 15 is 0 Å². The van der Waals surface area contributed by atoms with Gasteiger partial charge in [-0.15, -0.1) is 0 Å². The van der Waals surface area contributed by atoms with E-state index < -0.39 is 0 Å². The number of hydrogen-bond acceptors (Lipinski definition) is 4. The van der Waals surface area contributed by atoms with E-state index in [1.165, 1.54) is 0 Å². The van der Waals surface area contributed by atoms with Crippen LogP contribution in [0.5, 0.6) is 5.88 Å². The number of nitrogens with zero attached hydrogens (tertiary/aromatic N) is 2. The molecule has 0 radical (unpaired) electrons. The first-order valence-electron chi connectivity index (χ1n) is 6.71. The Morgan fingerprint density at radius 3 is 3.16 bits per heavy atom. The Labute approximate surface area is 113 Å². The standard InChI is InChI=1S/C14H19N3O2/c1-17-7-5-14(10-17)11(8-16-13(14)18)9-19-12-4-2-3-6-15-12/h2-4,6,11H,5,7-10H2,1H3,(H,16,18)/t11-,14-/m0/s1. The van der Waals surface area contributed by atoms with Crippen LogP contribution in [-0.4, -0.2) is 49.1 Å². The summed E-state index contributed by atoms with van der Waals surface area (Å²) in [6.07, 6.45) is 2.64. The summed E-state index contributed by atoms with van der Waals surface area (Å²) in [4.78, 5) is 18.5. The van der Waals surface area contributed by atoms with E-state index in [1.54, 1.807) is 6.20 Å². The molecule has 2 saturated heterocycles. The van der Waals surface area contributed by atoms with Crippen LogP contribution in [0.2, 0.25) is 0 Å². The van der Waals surface area contributed by atoms with E-state index in [2.05, 4.69) is 22.2 Å². The maximum absolute atomic E-state index is 12.2. The quantitative estimate of drug-likeness (QED) is 0.862. The van der Waals surface area contributed by atoms with Crippen molar-refractivity contribution in [3.8, 4) is 5.88 Å². The van der Waals surface area contributed by atoms with Crippen LogP contribution in [0.25, 0.3) is 0 Å². The number of aromatic nitrogens is 1. The molecule has 0 saturated carbocycles. The minimum atomic E-state index is -0.260. The number of amides is 1. The lowest BCUT2D eigenvalue weighted by Gasteiger charge is -2.27. The first-order valence-corrected chi connectivity index (χ1v) is 6.71. The summed E-state index contributed by atoms with van der Waals surface area (Å²) in [7, 11) is 2.07. The van der Waals surface area contributed by atoms with E-state index in [4.69, 9.17) is 4.74 Å². The van der Waals surface area contributed by atoms with E-state index in [9.17, 15) is 4.79 Å². The van der Waals surface area contributed by atoms with Gasteiger partial charge in [-0.1, -0.05) is 6.07 Å². The number of rotatable bonds is 3. The Bertz CT molecular complexity index is 465. The summed E-state index contributed by atoms with van der Waals surface area (Å²) in [5.74, 6) is 1.04. The zero-order valence-corrected chi connectivity index (χ0v) is 11.1. The average molecular weight is 261 g/mol. The summed E-state index contributed by atoms with van der Waals surface area (Å²) in [6, 6.07) is 5.61. The van der Waals surface area contributed by atoms with Crippen molar-refractivity contribution in [1.82, 2.24) is 15.2 Å². The van der Waals surface area contributed by atoms with Crippen LogP contribution in [-0.2, 0) is 4.79 Å². The van der Waals surface area contributed by atoms with Crippen LogP contribution in [0.4, 0.5) is 0 Å². The SMILES string of the molecule is CN1CC[C@@]2(C1)C(=O)NC[C@H]2COc1ccccn1. The number of carbonyl (C=O) groups is 1. The second-order valence-electron chi connectivity index (χ2n) is 5.53. The van der Waals surface area contributed by atoms with Crippen LogP contribution in [0.15, 0.2) is 24.4 Å². The molecule has 19 heavy (non-hydrogen) atoms. The minimum Gasteiger partial charge on any atom is -0.477 e. The van der Waals surface area contributed by atoms with Crippen LogP contribution in [0, 0.1) is 11.3 Å². The monoisotopic (exact) mass is 261 g/mol. The van der Waals surface area contributed by atoms with Gasteiger partial charge < -0.3 is 15.0 Å². The van der Waals surface area contributed by atoms with Gasteiger partial charge in [-0.3, -0.25) is 4.79 Å². The molecule has 2 aliphatic rings. The molecule has 3 heterocycles. The number of carbonyl (C=O) groups excluding carboxylic acids is 1. The topological polar surface area (TPSA) is 54.5 Å². The van der Waals surface area contributed by atoms with Gasteiger partial charge in [0.2, 0.25) is 11.8 Å². The van der Waals surface area contributed by atoms with Gasteiger partial charge >= 0.3 is 0 Å². The second-order valence-corrected chi connectivity index (χ2v) is 5.53. The Balaban J connectivity index is 1.69. The molecule has 5 heteroatoms. The molecule has 5 nitrogen and oxygen atoms in total. The molecule has 2 fully saturated rings. The maximum atomic E-state index is 12.2. The highest BCUT2D eigenvalue weighted by atomic mass is 16.5. The summed E-state index contributed by atoms with van der Waals surface area (Å²) < 4.78 is 5.74. The lowest BCUT2D eigenvalue weighted by molar-refractivity contribution is -0.128. The van der Waals surface area contributed by atoms with Crippen LogP contribution >= 0.6 is 0 Å². The number of likely N-dealkylation sites (tertiary alicyclic amines) is 1. The van der Waals surface area contributed by atoms with Gasteiger partial charge in [-0.2, -0.15) is 0 Å². The third kappa shape index (κ3) is 2.18. The summed E-state index contributed by atoms with van der Waals surface area (Å²) in [5, 5.41) is 2.99. The van der Waals surface area contributed by atoms with Crippen molar-refractivity contribution in [1.29, 1.82) is 0 Å². The molecule has 2 atom stereocenters. The fourth-order valence-electron chi connectivity index (χ4n) is 3.16. The van der Waals surface area contributed by atoms with Crippen molar-refractivity contribution in [2.45, 2.75) is 6.42 Å². The highest BCUT2D eigenvalue weighted by Crippen LogP contribution is 2.41. The number of hydrogen-bond donors (Lipinski definition) is 1. The van der Waals surface area contributed by atoms with Gasteiger partial charge in [0.15, 0.2) is 0 Å². The average Bonchev–Trinajstić information content (AvgIpc) is 2.95. The Kier molecular flexibility index (Phi) is 3.14. The van der Waals surface area contributed by atoms with Gasteiger partial charge in [0.1, 0.15) is 0 Å². The van der Waals surface area contributed by atoms with Crippen LogP contribution in [0.1, 0.15) is 6.42 Å². The fourth-order valence-corrected chi connectivity index (χ4v) is 3.16. The molecule has 1 N–H and O–H groups in total. The van der Waals surface area contributed by atoms with E-state index in [1.807, 2.05) is 18.2 Å². The molecule has 1 aromatic heterocycles. The number of pyridine rings is 1. The zero-order chi connectivity index (χ0) is 13.3. The number of nitrogens with one attached hydrogen (secondary N) is 1. The first kappa shape index (κ1) is 12.4. The normalized spacial score (nSPS) is 30.8. The molecular formula is C14H19N3O2. The molecule has 0 bridgehead atoms. The van der Waals surface area contributed by atoms with E-state index in [0.29, 0.717) is 19.0 Å². The molecule has 0 aromatic carbocycles. The Hall–Kier alpha value is -1.62. The second kappa shape index (κ2) is 4.81. The van der Waals surface area contributed by atoms with E-state index in [0.717, 1.165) is 19.5 Å². The maximum Gasteiger partial charge on any atom is 0.228 e. The molecule has 1 spiro atoms. The molecule has 0 unspecified atom stereocenters. The molecule has 3 rings (SSSR count). The molecule has 102 valence electrons. The lowest BCUT2D eigenvalue weighted by atomic mass is 9.77. The summed E-state index contributed by atoms with van der Waals surface area (Å²) in [5.41, 5.74) is -0.260. The van der Waals surface area contributed by atoms with Crippen molar-refractivity contribution in [3.63, 3.8) is 0 Å². The highest BCUT2D eigenvalue weighted by Gasteiger charge is 2.53. The van der Waals surface area contributed by atoms with Gasteiger partial charge in [0.25, 0.3) is 0 Å². The fraction of sp³-hybridized carbons (Fsp3) is 0.571. The minimum absolute atomic E-state index is 0.187. The predicted octanol–water partition coefficient (Wildman–Crippen LogP) is 0.528. The highest BCUT2D eigenvalue weighted by molar-refractivity contribution is 5.86. The van der Waals surface area contributed by atoms with E-state index in [-0.39, 0.29) is 17.2 Å². The lowest BCUT2D eigenvalue weighted by Crippen LogP contribution is -2.39. The molecular weight excluding hydrogens is 242 g/mol. The molecule has 0 aliphatic carbocycles. The van der Waals surface area contributed by atoms with Crippen molar-refractivity contribution in [3.05, 3.63) is 24.4 Å². The van der Waals surface area contributed by atoms with Gasteiger partial charge in [-0.05, 0) is 26.1 Å². The van der Waals surface area contributed by atoms with Crippen molar-refractivity contribution in [2.75, 3.05) is 33.3 Å². The molecule has 1 amide bonds. The first-order chi connectivity index (χ1) is 9.21. The van der Waals surface area contributed by atoms with Crippen molar-refractivity contribution in [2.24, 2.45) is 11.3 Å². The summed E-state index contributed by atoms with van der Waals surface area (Å²) >= 11 is 0. The number of ether oxygens (including phenoxy) is 1. The predicted molar refractivity (Wildman–Crippen MR) is 70.8 cm³/mol. The van der Waals surface area contributed by atoms with Gasteiger partial charge in [-0.25, -0.2) is 4.98 Å². The zero-order valence-electron chi connectivity index (χ0n) is 11.1. The van der Waals surface area contributed by atoms with Crippen molar-refractivity contribution >= 4 is 5.91 Å². The Morgan fingerprint density at radius 2 is 2.47 bits per heavy atom. The third-order valence-electron chi connectivity index (χ3n) is 4.30. The van der Waals surface area contributed by atoms with Crippen molar-refractivity contribution < 1.29 is 9.53 Å². The smallest absolute Gasteiger partial charge is 0.228 e. The molecule has 2 aliphatic heterocycles. The largest absolute Gasteiger partial charge is 0.477 e. The van der Waals surface area contributed by atoms with Crippen LogP contribution < -0.4 is 10.1 Å². The Morgan fingerprint density at radius 1 is 1.58 bits per heavy atom. The summed E-state index contributed by atoms with van der Waals surface area (Å²) in [6.45, 7) is 3.06. The van der Waals surface area contributed by atoms with Gasteiger partial charge in [0, 0.05) is 31.3 Å². The molecule has 1 aromatic rings. The third-order valence-corrected chi connectivity index (χ3v) is 4.30. The van der Waals surface area contributed by atoms with Crippen LogP contribution in [0.3, 0.4) is 0 Å².